The second-order valence-electron chi connectivity index (χ2n) is 5.81. The first-order valence-corrected chi connectivity index (χ1v) is 9.61. The largest absolute Gasteiger partial charge is 0.494 e. The van der Waals surface area contributed by atoms with Crippen LogP contribution in [-0.2, 0) is 4.79 Å². The van der Waals surface area contributed by atoms with Gasteiger partial charge < -0.3 is 4.74 Å². The molecule has 0 radical (unpaired) electrons. The van der Waals surface area contributed by atoms with Crippen LogP contribution < -0.4 is 4.74 Å². The van der Waals surface area contributed by atoms with E-state index in [-0.39, 0.29) is 5.91 Å². The number of amidine groups is 1. The third-order valence-electron chi connectivity index (χ3n) is 3.84. The quantitative estimate of drug-likeness (QED) is 0.668. The first-order chi connectivity index (χ1) is 12.7. The summed E-state index contributed by atoms with van der Waals surface area (Å²) in [6, 6.07) is 17.5. The molecule has 2 aromatic rings. The van der Waals surface area contributed by atoms with E-state index in [1.807, 2.05) is 67.6 Å². The lowest BCUT2D eigenvalue weighted by Crippen LogP contribution is -2.28. The molecule has 0 aliphatic carbocycles. The number of para-hydroxylation sites is 1. The van der Waals surface area contributed by atoms with Crippen LogP contribution in [0.1, 0.15) is 25.8 Å². The second kappa shape index (κ2) is 8.72. The highest BCUT2D eigenvalue weighted by atomic mass is 32.2. The summed E-state index contributed by atoms with van der Waals surface area (Å²) in [6.07, 6.45) is 2.89. The molecule has 0 unspecified atom stereocenters. The van der Waals surface area contributed by atoms with Crippen molar-refractivity contribution in [3.63, 3.8) is 0 Å². The average Bonchev–Trinajstić information content (AvgIpc) is 2.96. The van der Waals surface area contributed by atoms with E-state index in [4.69, 9.17) is 4.74 Å². The molecule has 0 atom stereocenters. The molecule has 4 nitrogen and oxygen atoms in total. The van der Waals surface area contributed by atoms with E-state index in [9.17, 15) is 4.79 Å². The SMILES string of the molecule is CCCOc1ccc(/C=C2/SC(=Nc3ccccc3)N(CC)C2=O)cc1. The van der Waals surface area contributed by atoms with E-state index in [1.165, 1.54) is 11.8 Å². The van der Waals surface area contributed by atoms with Crippen LogP contribution in [0.4, 0.5) is 5.69 Å². The number of benzene rings is 2. The van der Waals surface area contributed by atoms with Crippen molar-refractivity contribution in [1.29, 1.82) is 0 Å². The maximum atomic E-state index is 12.7. The minimum atomic E-state index is -0.00140. The van der Waals surface area contributed by atoms with Crippen molar-refractivity contribution in [2.45, 2.75) is 20.3 Å². The predicted octanol–water partition coefficient (Wildman–Crippen LogP) is 5.10. The van der Waals surface area contributed by atoms with Crippen LogP contribution in [0, 0.1) is 0 Å². The Morgan fingerprint density at radius 3 is 2.46 bits per heavy atom. The van der Waals surface area contributed by atoms with Gasteiger partial charge >= 0.3 is 0 Å². The summed E-state index contributed by atoms with van der Waals surface area (Å²) < 4.78 is 5.60. The van der Waals surface area contributed by atoms with Gasteiger partial charge in [0.1, 0.15) is 5.75 Å². The van der Waals surface area contributed by atoms with E-state index >= 15 is 0 Å². The Balaban J connectivity index is 1.81. The van der Waals surface area contributed by atoms with E-state index in [0.29, 0.717) is 18.1 Å². The second-order valence-corrected chi connectivity index (χ2v) is 6.82. The number of carbonyl (C=O) groups is 1. The zero-order valence-electron chi connectivity index (χ0n) is 15.0. The van der Waals surface area contributed by atoms with Gasteiger partial charge in [0, 0.05) is 6.54 Å². The summed E-state index contributed by atoms with van der Waals surface area (Å²) in [5.74, 6) is 0.847. The van der Waals surface area contributed by atoms with Gasteiger partial charge in [0.05, 0.1) is 17.2 Å². The molecule has 0 N–H and O–H groups in total. The van der Waals surface area contributed by atoms with Gasteiger partial charge in [-0.2, -0.15) is 0 Å². The van der Waals surface area contributed by atoms with Crippen LogP contribution in [0.2, 0.25) is 0 Å². The molecule has 1 amide bonds. The maximum absolute atomic E-state index is 12.7. The van der Waals surface area contributed by atoms with Gasteiger partial charge in [-0.05, 0) is 61.0 Å². The van der Waals surface area contributed by atoms with E-state index in [2.05, 4.69) is 11.9 Å². The Bertz CT molecular complexity index is 814. The number of nitrogens with zero attached hydrogens (tertiary/aromatic N) is 2. The van der Waals surface area contributed by atoms with Crippen molar-refractivity contribution in [1.82, 2.24) is 4.90 Å². The van der Waals surface area contributed by atoms with Crippen molar-refractivity contribution in [2.24, 2.45) is 4.99 Å². The van der Waals surface area contributed by atoms with Crippen molar-refractivity contribution >= 4 is 34.6 Å². The minimum Gasteiger partial charge on any atom is -0.494 e. The first-order valence-electron chi connectivity index (χ1n) is 8.79. The Morgan fingerprint density at radius 2 is 1.81 bits per heavy atom. The Morgan fingerprint density at radius 1 is 1.08 bits per heavy atom. The summed E-state index contributed by atoms with van der Waals surface area (Å²) in [6.45, 7) is 5.34. The number of likely N-dealkylation sites (N-methyl/N-ethyl adjacent to an activating group) is 1. The van der Waals surface area contributed by atoms with Gasteiger partial charge in [-0.3, -0.25) is 9.69 Å². The van der Waals surface area contributed by atoms with Crippen LogP contribution in [0.25, 0.3) is 6.08 Å². The zero-order valence-corrected chi connectivity index (χ0v) is 15.8. The van der Waals surface area contributed by atoms with Gasteiger partial charge in [-0.15, -0.1) is 0 Å². The lowest BCUT2D eigenvalue weighted by Gasteiger charge is -2.11. The summed E-state index contributed by atoms with van der Waals surface area (Å²) in [5, 5.41) is 0.720. The van der Waals surface area contributed by atoms with Crippen molar-refractivity contribution < 1.29 is 9.53 Å². The number of aliphatic imine (C=N–C) groups is 1. The monoisotopic (exact) mass is 366 g/mol. The standard InChI is InChI=1S/C21H22N2O2S/c1-3-14-25-18-12-10-16(11-13-18)15-19-20(24)23(4-2)21(26-19)22-17-8-6-5-7-9-17/h5-13,15H,3-4,14H2,1-2H3/b19-15+,22-21?. The first kappa shape index (κ1) is 18.3. The predicted molar refractivity (Wildman–Crippen MR) is 109 cm³/mol. The summed E-state index contributed by atoms with van der Waals surface area (Å²) >= 11 is 1.42. The number of hydrogen-bond acceptors (Lipinski definition) is 4. The molecule has 5 heteroatoms. The third kappa shape index (κ3) is 4.35. The molecule has 1 saturated heterocycles. The number of hydrogen-bond donors (Lipinski definition) is 0. The van der Waals surface area contributed by atoms with Crippen LogP contribution in [0.15, 0.2) is 64.5 Å². The lowest BCUT2D eigenvalue weighted by atomic mass is 10.2. The van der Waals surface area contributed by atoms with Crippen LogP contribution in [-0.4, -0.2) is 29.1 Å². The maximum Gasteiger partial charge on any atom is 0.266 e. The van der Waals surface area contributed by atoms with Gasteiger partial charge in [-0.1, -0.05) is 37.3 Å². The molecule has 0 bridgehead atoms. The van der Waals surface area contributed by atoms with Gasteiger partial charge in [-0.25, -0.2) is 4.99 Å². The topological polar surface area (TPSA) is 41.9 Å². The molecule has 134 valence electrons. The molecule has 1 fully saturated rings. The Kier molecular flexibility index (Phi) is 6.12. The smallest absolute Gasteiger partial charge is 0.266 e. The van der Waals surface area contributed by atoms with Crippen molar-refractivity contribution in [3.05, 3.63) is 65.1 Å². The molecule has 1 heterocycles. The molecule has 0 aromatic heterocycles. The number of amides is 1. The molecule has 2 aromatic carbocycles. The van der Waals surface area contributed by atoms with Crippen LogP contribution in [0.5, 0.6) is 5.75 Å². The molecule has 1 aliphatic heterocycles. The Labute approximate surface area is 158 Å². The fraction of sp³-hybridized carbons (Fsp3) is 0.238. The molecule has 1 aliphatic rings. The minimum absolute atomic E-state index is 0.00140. The van der Waals surface area contributed by atoms with E-state index in [1.54, 1.807) is 4.90 Å². The number of carbonyl (C=O) groups excluding carboxylic acids is 1. The van der Waals surface area contributed by atoms with Crippen LogP contribution in [0.3, 0.4) is 0 Å². The highest BCUT2D eigenvalue weighted by molar-refractivity contribution is 8.18. The van der Waals surface area contributed by atoms with Gasteiger partial charge in [0.2, 0.25) is 0 Å². The molecule has 0 saturated carbocycles. The normalized spacial score (nSPS) is 17.3. The number of ether oxygens (including phenoxy) is 1. The number of rotatable bonds is 6. The summed E-state index contributed by atoms with van der Waals surface area (Å²) in [5.41, 5.74) is 1.82. The molecule has 0 spiro atoms. The third-order valence-corrected chi connectivity index (χ3v) is 4.84. The Hall–Kier alpha value is -2.53. The fourth-order valence-electron chi connectivity index (χ4n) is 2.51. The highest BCUT2D eigenvalue weighted by Crippen LogP contribution is 2.34. The lowest BCUT2D eigenvalue weighted by molar-refractivity contribution is -0.122. The van der Waals surface area contributed by atoms with Crippen molar-refractivity contribution in [3.8, 4) is 5.75 Å². The van der Waals surface area contributed by atoms with Crippen LogP contribution >= 0.6 is 11.8 Å². The molecular formula is C21H22N2O2S. The highest BCUT2D eigenvalue weighted by Gasteiger charge is 2.32. The van der Waals surface area contributed by atoms with Gasteiger partial charge in [0.15, 0.2) is 5.17 Å². The fourth-order valence-corrected chi connectivity index (χ4v) is 3.58. The van der Waals surface area contributed by atoms with Gasteiger partial charge in [0.25, 0.3) is 5.91 Å². The average molecular weight is 366 g/mol. The number of thioether (sulfide) groups is 1. The van der Waals surface area contributed by atoms with Crippen molar-refractivity contribution in [2.75, 3.05) is 13.2 Å². The molecule has 3 rings (SSSR count). The van der Waals surface area contributed by atoms with E-state index in [0.717, 1.165) is 28.6 Å². The summed E-state index contributed by atoms with van der Waals surface area (Å²) in [4.78, 5) is 19.7. The zero-order chi connectivity index (χ0) is 18.4. The van der Waals surface area contributed by atoms with E-state index < -0.39 is 0 Å². The molecular weight excluding hydrogens is 344 g/mol. The summed E-state index contributed by atoms with van der Waals surface area (Å²) in [7, 11) is 0. The molecule has 26 heavy (non-hydrogen) atoms.